The Bertz CT molecular complexity index is 2280. The maximum Gasteiger partial charge on any atom is 0.422 e. The molecule has 0 spiro atoms. The Morgan fingerprint density at radius 3 is 1.23 bits per heavy atom. The zero-order valence-electron chi connectivity index (χ0n) is 35.5. The highest BCUT2D eigenvalue weighted by atomic mass is 19.4. The highest BCUT2D eigenvalue weighted by Gasteiger charge is 2.38. The van der Waals surface area contributed by atoms with Gasteiger partial charge in [0.05, 0.1) is 37.6 Å². The molecule has 0 radical (unpaired) electrons. The second-order valence-electron chi connectivity index (χ2n) is 15.0. The predicted molar refractivity (Wildman–Crippen MR) is 222 cm³/mol. The number of carbonyl (C=O) groups excluding carboxylic acids is 4. The molecule has 4 aromatic rings. The number of fused-ring (bicyclic) bond motifs is 3. The highest BCUT2D eigenvalue weighted by Crippen LogP contribution is 2.47. The van der Waals surface area contributed by atoms with E-state index >= 15 is 0 Å². The number of halogens is 8. The second kappa shape index (κ2) is 22.5. The number of carbonyl (C=O) groups is 4. The van der Waals surface area contributed by atoms with Crippen molar-refractivity contribution in [3.05, 3.63) is 131 Å². The molecule has 0 fully saturated rings. The van der Waals surface area contributed by atoms with E-state index in [1.807, 2.05) is 6.92 Å². The summed E-state index contributed by atoms with van der Waals surface area (Å²) in [6.45, 7) is 7.11. The molecular weight excluding hydrogens is 889 g/mol. The Morgan fingerprint density at radius 2 is 0.879 bits per heavy atom. The van der Waals surface area contributed by atoms with Gasteiger partial charge in [-0.05, 0) is 134 Å². The zero-order valence-corrected chi connectivity index (χ0v) is 35.5. The van der Waals surface area contributed by atoms with E-state index < -0.39 is 59.0 Å². The maximum absolute atomic E-state index is 14.9. The monoisotopic (exact) mass is 932 g/mol. The van der Waals surface area contributed by atoms with Gasteiger partial charge in [0, 0.05) is 5.92 Å². The molecule has 0 N–H and O–H groups in total. The smallest absolute Gasteiger partial charge is 0.422 e. The lowest BCUT2D eigenvalue weighted by atomic mass is 9.99. The van der Waals surface area contributed by atoms with Crippen molar-refractivity contribution in [1.29, 1.82) is 0 Å². The van der Waals surface area contributed by atoms with E-state index in [0.717, 1.165) is 34.4 Å². The van der Waals surface area contributed by atoms with E-state index in [-0.39, 0.29) is 66.5 Å². The summed E-state index contributed by atoms with van der Waals surface area (Å²) >= 11 is 0. The predicted octanol–water partition coefficient (Wildman–Crippen LogP) is 11.7. The number of esters is 4. The molecule has 4 aromatic carbocycles. The van der Waals surface area contributed by atoms with Gasteiger partial charge in [-0.15, -0.1) is 0 Å². The first-order valence-electron chi connectivity index (χ1n) is 20.7. The maximum atomic E-state index is 14.9. The minimum atomic E-state index is -4.85. The Labute approximate surface area is 374 Å². The van der Waals surface area contributed by atoms with Crippen molar-refractivity contribution in [3.8, 4) is 34.1 Å². The molecule has 352 valence electrons. The van der Waals surface area contributed by atoms with Crippen molar-refractivity contribution in [1.82, 2.24) is 0 Å². The Morgan fingerprint density at radius 1 is 0.515 bits per heavy atom. The number of unbranched alkanes of at least 4 members (excludes halogenated alkanes) is 6. The standard InChI is InChI=1S/C48H44F8O10/c1-28-37-26-33(65-45(59)31-12-18-41(39(49)24-31)61-20-8-4-6-10-22-63-43(57)29(2)47(51,52)53)14-16-35(37)36-17-15-34(27-38(28)36)66-46(60)32-13-19-42(40(50)25-32)62-21-9-5-7-11-23-64-44(58)30(3)48(54,55)56/h12-19,24-28H,2-11,20-23H2,1H3. The molecule has 0 bridgehead atoms. The molecule has 0 aliphatic heterocycles. The topological polar surface area (TPSA) is 124 Å². The zero-order chi connectivity index (χ0) is 48.2. The van der Waals surface area contributed by atoms with Gasteiger partial charge in [-0.3, -0.25) is 0 Å². The van der Waals surface area contributed by atoms with Crippen molar-refractivity contribution in [2.24, 2.45) is 0 Å². The van der Waals surface area contributed by atoms with Crippen molar-refractivity contribution >= 4 is 23.9 Å². The summed E-state index contributed by atoms with van der Waals surface area (Å²) in [5.74, 6) is -6.26. The molecule has 0 atom stereocenters. The van der Waals surface area contributed by atoms with E-state index in [4.69, 9.17) is 18.9 Å². The number of ether oxygens (including phenoxy) is 6. The van der Waals surface area contributed by atoms with Crippen LogP contribution in [0.5, 0.6) is 23.0 Å². The van der Waals surface area contributed by atoms with E-state index in [9.17, 15) is 54.3 Å². The third-order valence-electron chi connectivity index (χ3n) is 10.3. The molecule has 0 unspecified atom stereocenters. The Hall–Kier alpha value is -6.72. The molecular formula is C48H44F8O10. The van der Waals surface area contributed by atoms with Crippen molar-refractivity contribution in [3.63, 3.8) is 0 Å². The van der Waals surface area contributed by atoms with Crippen molar-refractivity contribution < 1.29 is 82.7 Å². The molecule has 5 rings (SSSR count). The van der Waals surface area contributed by atoms with Crippen LogP contribution in [0.2, 0.25) is 0 Å². The summed E-state index contributed by atoms with van der Waals surface area (Å²) in [4.78, 5) is 48.7. The number of hydrogen-bond acceptors (Lipinski definition) is 10. The summed E-state index contributed by atoms with van der Waals surface area (Å²) in [5.41, 5.74) is 0.0609. The molecule has 0 saturated carbocycles. The fourth-order valence-corrected chi connectivity index (χ4v) is 6.62. The quantitative estimate of drug-likeness (QED) is 0.0247. The van der Waals surface area contributed by atoms with E-state index in [2.05, 4.69) is 22.6 Å². The fourth-order valence-electron chi connectivity index (χ4n) is 6.62. The Kier molecular flexibility index (Phi) is 17.1. The minimum Gasteiger partial charge on any atom is -0.491 e. The average molecular weight is 933 g/mol. The van der Waals surface area contributed by atoms with E-state index in [1.165, 1.54) is 24.3 Å². The summed E-state index contributed by atoms with van der Waals surface area (Å²) in [6.07, 6.45) is -5.93. The minimum absolute atomic E-state index is 0.0677. The molecule has 1 aliphatic rings. The molecule has 18 heteroatoms. The van der Waals surface area contributed by atoms with Crippen LogP contribution in [0.4, 0.5) is 35.1 Å². The van der Waals surface area contributed by atoms with Gasteiger partial charge in [-0.2, -0.15) is 26.3 Å². The summed E-state index contributed by atoms with van der Waals surface area (Å²) < 4.78 is 136. The van der Waals surface area contributed by atoms with Crippen LogP contribution in [-0.4, -0.2) is 62.7 Å². The van der Waals surface area contributed by atoms with Crippen LogP contribution >= 0.6 is 0 Å². The SMILES string of the molecule is C=C(C(=O)OCCCCCCOc1ccc(C(=O)Oc2ccc3c(c2)C(C)c2cc(OC(=O)c4ccc(OCCCCCCOC(=O)C(=C)C(F)(F)F)c(F)c4)ccc2-3)cc1F)C(F)(F)F. The van der Waals surface area contributed by atoms with Crippen LogP contribution in [0.1, 0.15) is 96.1 Å². The highest BCUT2D eigenvalue weighted by molar-refractivity contribution is 5.93. The lowest BCUT2D eigenvalue weighted by Crippen LogP contribution is -2.21. The molecule has 66 heavy (non-hydrogen) atoms. The number of alkyl halides is 6. The van der Waals surface area contributed by atoms with Crippen LogP contribution in [0.3, 0.4) is 0 Å². The first-order valence-corrected chi connectivity index (χ1v) is 20.7. The summed E-state index contributed by atoms with van der Waals surface area (Å²) in [6, 6.07) is 17.4. The van der Waals surface area contributed by atoms with Gasteiger partial charge in [0.25, 0.3) is 0 Å². The molecule has 1 aliphatic carbocycles. The van der Waals surface area contributed by atoms with Crippen LogP contribution in [0, 0.1) is 11.6 Å². The molecule has 0 amide bonds. The normalized spacial score (nSPS) is 12.1. The Balaban J connectivity index is 1.04. The second-order valence-corrected chi connectivity index (χ2v) is 15.0. The lowest BCUT2D eigenvalue weighted by molar-refractivity contribution is -0.152. The summed E-state index contributed by atoms with van der Waals surface area (Å²) in [5, 5.41) is 0. The summed E-state index contributed by atoms with van der Waals surface area (Å²) in [7, 11) is 0. The van der Waals surface area contributed by atoms with Gasteiger partial charge < -0.3 is 28.4 Å². The van der Waals surface area contributed by atoms with Crippen molar-refractivity contribution in [2.75, 3.05) is 26.4 Å². The van der Waals surface area contributed by atoms with Crippen molar-refractivity contribution in [2.45, 2.75) is 76.6 Å². The van der Waals surface area contributed by atoms with Gasteiger partial charge in [0.2, 0.25) is 0 Å². The van der Waals surface area contributed by atoms with Crippen LogP contribution < -0.4 is 18.9 Å². The lowest BCUT2D eigenvalue weighted by Gasteiger charge is -2.11. The van der Waals surface area contributed by atoms with Crippen LogP contribution in [-0.2, 0) is 19.1 Å². The third kappa shape index (κ3) is 13.7. The van der Waals surface area contributed by atoms with Gasteiger partial charge in [-0.25, -0.2) is 28.0 Å². The molecule has 0 aromatic heterocycles. The van der Waals surface area contributed by atoms with Crippen LogP contribution in [0.25, 0.3) is 11.1 Å². The first-order chi connectivity index (χ1) is 31.2. The van der Waals surface area contributed by atoms with Gasteiger partial charge in [0.1, 0.15) is 22.6 Å². The fraction of sp³-hybridized carbons (Fsp3) is 0.333. The molecule has 10 nitrogen and oxygen atoms in total. The average Bonchev–Trinajstić information content (AvgIpc) is 3.54. The first kappa shape index (κ1) is 50.3. The van der Waals surface area contributed by atoms with Gasteiger partial charge in [-0.1, -0.05) is 32.2 Å². The van der Waals surface area contributed by atoms with Crippen LogP contribution in [0.15, 0.2) is 97.1 Å². The molecule has 0 heterocycles. The number of benzene rings is 4. The largest absolute Gasteiger partial charge is 0.491 e. The van der Waals surface area contributed by atoms with E-state index in [0.29, 0.717) is 51.4 Å². The van der Waals surface area contributed by atoms with Gasteiger partial charge in [0.15, 0.2) is 23.1 Å². The van der Waals surface area contributed by atoms with Gasteiger partial charge >= 0.3 is 36.2 Å². The number of hydrogen-bond donors (Lipinski definition) is 0. The number of rotatable bonds is 22. The molecule has 0 saturated heterocycles. The van der Waals surface area contributed by atoms with E-state index in [1.54, 1.807) is 36.4 Å². The third-order valence-corrected chi connectivity index (χ3v) is 10.3.